The van der Waals surface area contributed by atoms with Crippen LogP contribution >= 0.6 is 11.3 Å². The fourth-order valence-electron chi connectivity index (χ4n) is 2.02. The number of nitrogens with one attached hydrogen (secondary N) is 2. The van der Waals surface area contributed by atoms with Gasteiger partial charge in [0.25, 0.3) is 5.91 Å². The number of aromatic nitrogens is 3. The van der Waals surface area contributed by atoms with Crippen LogP contribution in [0, 0.1) is 5.41 Å². The Morgan fingerprint density at radius 1 is 1.32 bits per heavy atom. The first kappa shape index (κ1) is 21.7. The van der Waals surface area contributed by atoms with E-state index in [1.165, 1.54) is 25.4 Å². The Balaban J connectivity index is 0.000000409. The highest BCUT2D eigenvalue weighted by atomic mass is 32.1. The molecule has 0 bridgehead atoms. The summed E-state index contributed by atoms with van der Waals surface area (Å²) in [7, 11) is 1.38. The van der Waals surface area contributed by atoms with Gasteiger partial charge in [0.05, 0.1) is 34.3 Å². The Hall–Kier alpha value is -2.62. The number of fused-ring (bicyclic) bond motifs is 1. The number of nitrogens with zero attached hydrogens (tertiary/aromatic N) is 2. The average molecular weight is 404 g/mol. The molecule has 0 saturated heterocycles. The van der Waals surface area contributed by atoms with Crippen molar-refractivity contribution in [1.29, 1.82) is 0 Å². The molecule has 0 radical (unpaired) electrons. The van der Waals surface area contributed by atoms with Crippen LogP contribution in [0.1, 0.15) is 47.7 Å². The van der Waals surface area contributed by atoms with Gasteiger partial charge in [0.15, 0.2) is 11.4 Å². The van der Waals surface area contributed by atoms with Crippen molar-refractivity contribution in [2.24, 2.45) is 11.1 Å². The Kier molecular flexibility index (Phi) is 7.00. The minimum atomic E-state index is -0.321. The second-order valence-corrected chi connectivity index (χ2v) is 8.36. The van der Waals surface area contributed by atoms with Crippen molar-refractivity contribution in [2.45, 2.75) is 27.7 Å². The number of H-pyrrole nitrogens is 1. The van der Waals surface area contributed by atoms with Gasteiger partial charge in [-0.1, -0.05) is 20.8 Å². The molecular weight excluding hydrogens is 378 g/mol. The summed E-state index contributed by atoms with van der Waals surface area (Å²) in [5.74, 6) is -0.400. The molecule has 0 aliphatic heterocycles. The van der Waals surface area contributed by atoms with E-state index in [2.05, 4.69) is 46.0 Å². The molecule has 0 aromatic carbocycles. The van der Waals surface area contributed by atoms with Crippen LogP contribution in [0.3, 0.4) is 0 Å². The van der Waals surface area contributed by atoms with Crippen LogP contribution in [0.4, 0.5) is 0 Å². The number of thiophene rings is 1. The van der Waals surface area contributed by atoms with Crippen molar-refractivity contribution < 1.29 is 14.4 Å². The lowest BCUT2D eigenvalue weighted by atomic mass is 9.98. The molecule has 28 heavy (non-hydrogen) atoms. The minimum absolute atomic E-state index is 0.0796. The number of carbonyl (C=O) groups excluding carboxylic acids is 2. The van der Waals surface area contributed by atoms with Crippen molar-refractivity contribution in [2.75, 3.05) is 13.7 Å². The van der Waals surface area contributed by atoms with E-state index in [0.29, 0.717) is 32.7 Å². The molecule has 0 saturated carbocycles. The summed E-state index contributed by atoms with van der Waals surface area (Å²) in [4.78, 5) is 40.8. The fourth-order valence-corrected chi connectivity index (χ4v) is 2.87. The molecule has 3 aromatic rings. The summed E-state index contributed by atoms with van der Waals surface area (Å²) in [6.07, 6.45) is 3.20. The number of amides is 1. The van der Waals surface area contributed by atoms with Crippen LogP contribution in [-0.4, -0.2) is 40.3 Å². The molecule has 0 aliphatic rings. The maximum Gasteiger partial charge on any atom is 0.284 e. The molecule has 0 aliphatic carbocycles. The van der Waals surface area contributed by atoms with Gasteiger partial charge in [-0.2, -0.15) is 0 Å². The van der Waals surface area contributed by atoms with E-state index in [-0.39, 0.29) is 11.7 Å². The summed E-state index contributed by atoms with van der Waals surface area (Å²) in [5, 5.41) is 0. The highest BCUT2D eigenvalue weighted by molar-refractivity contribution is 7.17. The summed E-state index contributed by atoms with van der Waals surface area (Å²) >= 11 is 1.27. The zero-order chi connectivity index (χ0) is 20.9. The predicted molar refractivity (Wildman–Crippen MR) is 110 cm³/mol. The fraction of sp³-hybridized carbons (Fsp3) is 0.368. The van der Waals surface area contributed by atoms with E-state index >= 15 is 0 Å². The average Bonchev–Trinajstić information content (AvgIpc) is 3.28. The minimum Gasteiger partial charge on any atom is -0.344 e. The number of rotatable bonds is 4. The van der Waals surface area contributed by atoms with Crippen molar-refractivity contribution in [3.05, 3.63) is 35.0 Å². The molecule has 0 spiro atoms. The quantitative estimate of drug-likeness (QED) is 0.454. The molecule has 0 fully saturated rings. The molecule has 9 heteroatoms. The molecule has 3 rings (SSSR count). The summed E-state index contributed by atoms with van der Waals surface area (Å²) in [5.41, 5.74) is 10.1. The SMILES string of the molecule is CC(C)(C)CN.CONC(=O)c1ccc(-c2cnc3[nH]cc(C(C)=O)c3n2)s1. The molecule has 3 heterocycles. The van der Waals surface area contributed by atoms with Crippen LogP contribution in [-0.2, 0) is 4.84 Å². The summed E-state index contributed by atoms with van der Waals surface area (Å²) in [6, 6.07) is 3.47. The topological polar surface area (TPSA) is 123 Å². The number of carbonyl (C=O) groups is 2. The van der Waals surface area contributed by atoms with E-state index < -0.39 is 0 Å². The van der Waals surface area contributed by atoms with Crippen LogP contribution in [0.5, 0.6) is 0 Å². The second-order valence-electron chi connectivity index (χ2n) is 7.27. The predicted octanol–water partition coefficient (Wildman–Crippen LogP) is 3.17. The van der Waals surface area contributed by atoms with Crippen LogP contribution in [0.25, 0.3) is 21.7 Å². The highest BCUT2D eigenvalue weighted by Crippen LogP contribution is 2.28. The van der Waals surface area contributed by atoms with Gasteiger partial charge in [0.1, 0.15) is 5.52 Å². The number of hydrogen-bond donors (Lipinski definition) is 3. The Bertz CT molecular complexity index is 972. The maximum atomic E-state index is 11.7. The number of Topliss-reactive ketones (excluding diaryl/α,β-unsaturated/α-hetero) is 1. The third kappa shape index (κ3) is 5.44. The van der Waals surface area contributed by atoms with Gasteiger partial charge < -0.3 is 10.7 Å². The third-order valence-electron chi connectivity index (χ3n) is 3.65. The van der Waals surface area contributed by atoms with E-state index in [4.69, 9.17) is 5.73 Å². The Labute approximate surface area is 167 Å². The van der Waals surface area contributed by atoms with E-state index in [1.54, 1.807) is 24.5 Å². The standard InChI is InChI=1S/C14H12N4O3S.C5H13N/c1-7(19)8-5-15-13-12(8)17-9(6-16-13)10-3-4-11(22-10)14(20)18-21-2;1-5(2,3)4-6/h3-6H,1-2H3,(H,15,16)(H,18,20);4,6H2,1-3H3. The van der Waals surface area contributed by atoms with Crippen LogP contribution in [0.2, 0.25) is 0 Å². The number of hydroxylamine groups is 1. The van der Waals surface area contributed by atoms with Gasteiger partial charge in [-0.15, -0.1) is 11.3 Å². The zero-order valence-electron chi connectivity index (χ0n) is 16.6. The van der Waals surface area contributed by atoms with E-state index in [0.717, 1.165) is 11.4 Å². The van der Waals surface area contributed by atoms with Gasteiger partial charge in [-0.3, -0.25) is 14.4 Å². The molecule has 8 nitrogen and oxygen atoms in total. The van der Waals surface area contributed by atoms with Gasteiger partial charge in [-0.05, 0) is 31.0 Å². The highest BCUT2D eigenvalue weighted by Gasteiger charge is 2.14. The lowest BCUT2D eigenvalue weighted by Gasteiger charge is -2.12. The van der Waals surface area contributed by atoms with Crippen LogP contribution in [0.15, 0.2) is 24.5 Å². The molecular formula is C19H25N5O3S. The molecule has 150 valence electrons. The van der Waals surface area contributed by atoms with Gasteiger partial charge in [0, 0.05) is 6.20 Å². The van der Waals surface area contributed by atoms with Gasteiger partial charge in [-0.25, -0.2) is 15.4 Å². The molecule has 4 N–H and O–H groups in total. The number of hydrogen-bond acceptors (Lipinski definition) is 7. The molecule has 0 atom stereocenters. The van der Waals surface area contributed by atoms with Crippen molar-refractivity contribution in [3.8, 4) is 10.6 Å². The molecule has 3 aromatic heterocycles. The molecule has 0 unspecified atom stereocenters. The first-order valence-corrected chi connectivity index (χ1v) is 9.46. The lowest BCUT2D eigenvalue weighted by Crippen LogP contribution is -2.20. The number of aromatic amines is 1. The van der Waals surface area contributed by atoms with Crippen molar-refractivity contribution >= 4 is 34.2 Å². The van der Waals surface area contributed by atoms with E-state index in [1.807, 2.05) is 0 Å². The Morgan fingerprint density at radius 2 is 2.00 bits per heavy atom. The van der Waals surface area contributed by atoms with Crippen molar-refractivity contribution in [3.63, 3.8) is 0 Å². The van der Waals surface area contributed by atoms with Crippen LogP contribution < -0.4 is 11.2 Å². The van der Waals surface area contributed by atoms with E-state index in [9.17, 15) is 9.59 Å². The maximum absolute atomic E-state index is 11.7. The summed E-state index contributed by atoms with van der Waals surface area (Å²) < 4.78 is 0. The first-order chi connectivity index (χ1) is 13.2. The monoisotopic (exact) mass is 403 g/mol. The largest absolute Gasteiger partial charge is 0.344 e. The second kappa shape index (κ2) is 9.05. The molecule has 1 amide bonds. The number of ketones is 1. The number of nitrogens with two attached hydrogens (primary N) is 1. The van der Waals surface area contributed by atoms with Gasteiger partial charge >= 0.3 is 0 Å². The van der Waals surface area contributed by atoms with Crippen molar-refractivity contribution in [1.82, 2.24) is 20.4 Å². The smallest absolute Gasteiger partial charge is 0.284 e. The third-order valence-corrected chi connectivity index (χ3v) is 4.76. The Morgan fingerprint density at radius 3 is 2.57 bits per heavy atom. The lowest BCUT2D eigenvalue weighted by molar-refractivity contribution is 0.0542. The van der Waals surface area contributed by atoms with Gasteiger partial charge in [0.2, 0.25) is 0 Å². The normalized spacial score (nSPS) is 11.1. The zero-order valence-corrected chi connectivity index (χ0v) is 17.4. The summed E-state index contributed by atoms with van der Waals surface area (Å²) in [6.45, 7) is 8.61. The first-order valence-electron chi connectivity index (χ1n) is 8.65.